The lowest BCUT2D eigenvalue weighted by Crippen LogP contribution is -2.47. The van der Waals surface area contributed by atoms with Gasteiger partial charge < -0.3 is 5.32 Å². The largest absolute Gasteiger partial charge is 0.313 e. The molecule has 0 aliphatic rings. The standard InChI is InChI=1S/C13H26N2/c1-7-9-15(8-2)13(11(3)4)10-14-12(5)6/h1,11-14H,8-10H2,2-6H3. The summed E-state index contributed by atoms with van der Waals surface area (Å²) in [5, 5.41) is 3.49. The predicted octanol–water partition coefficient (Wildman–Crippen LogP) is 1.96. The molecule has 0 aliphatic carbocycles. The fourth-order valence-corrected chi connectivity index (χ4v) is 1.72. The van der Waals surface area contributed by atoms with Gasteiger partial charge in [-0.15, -0.1) is 6.42 Å². The highest BCUT2D eigenvalue weighted by Gasteiger charge is 2.19. The van der Waals surface area contributed by atoms with E-state index in [1.54, 1.807) is 0 Å². The molecular weight excluding hydrogens is 184 g/mol. The molecule has 0 spiro atoms. The maximum absolute atomic E-state index is 5.39. The molecule has 0 fully saturated rings. The molecule has 1 unspecified atom stereocenters. The number of nitrogens with zero attached hydrogens (tertiary/aromatic N) is 1. The van der Waals surface area contributed by atoms with E-state index < -0.39 is 0 Å². The van der Waals surface area contributed by atoms with E-state index in [-0.39, 0.29) is 0 Å². The Morgan fingerprint density at radius 3 is 2.20 bits per heavy atom. The fraction of sp³-hybridized carbons (Fsp3) is 0.846. The van der Waals surface area contributed by atoms with Crippen molar-refractivity contribution in [2.75, 3.05) is 19.6 Å². The van der Waals surface area contributed by atoms with Crippen molar-refractivity contribution < 1.29 is 0 Å². The fourth-order valence-electron chi connectivity index (χ4n) is 1.72. The van der Waals surface area contributed by atoms with Gasteiger partial charge in [0.25, 0.3) is 0 Å². The minimum Gasteiger partial charge on any atom is -0.313 e. The molecule has 2 heteroatoms. The van der Waals surface area contributed by atoms with Crippen LogP contribution in [0, 0.1) is 18.3 Å². The summed E-state index contributed by atoms with van der Waals surface area (Å²) in [5.41, 5.74) is 0. The van der Waals surface area contributed by atoms with E-state index in [1.807, 2.05) is 0 Å². The zero-order chi connectivity index (χ0) is 11.8. The van der Waals surface area contributed by atoms with Crippen molar-refractivity contribution in [3.8, 4) is 12.3 Å². The van der Waals surface area contributed by atoms with Crippen LogP contribution in [0.3, 0.4) is 0 Å². The minimum absolute atomic E-state index is 0.536. The average molecular weight is 210 g/mol. The summed E-state index contributed by atoms with van der Waals surface area (Å²) < 4.78 is 0. The summed E-state index contributed by atoms with van der Waals surface area (Å²) in [7, 11) is 0. The summed E-state index contributed by atoms with van der Waals surface area (Å²) >= 11 is 0. The highest BCUT2D eigenvalue weighted by molar-refractivity contribution is 4.91. The lowest BCUT2D eigenvalue weighted by atomic mass is 10.0. The second-order valence-corrected chi connectivity index (χ2v) is 4.64. The summed E-state index contributed by atoms with van der Waals surface area (Å²) in [6.45, 7) is 13.8. The van der Waals surface area contributed by atoms with Crippen LogP contribution in [0.25, 0.3) is 0 Å². The zero-order valence-corrected chi connectivity index (χ0v) is 10.9. The smallest absolute Gasteiger partial charge is 0.0601 e. The molecule has 1 N–H and O–H groups in total. The van der Waals surface area contributed by atoms with Crippen LogP contribution in [-0.4, -0.2) is 36.6 Å². The molecule has 0 radical (unpaired) electrons. The van der Waals surface area contributed by atoms with Crippen LogP contribution in [-0.2, 0) is 0 Å². The van der Waals surface area contributed by atoms with Crippen LogP contribution in [0.4, 0.5) is 0 Å². The van der Waals surface area contributed by atoms with Gasteiger partial charge in [-0.2, -0.15) is 0 Å². The molecule has 0 amide bonds. The number of nitrogens with one attached hydrogen (secondary N) is 1. The van der Waals surface area contributed by atoms with E-state index in [1.165, 1.54) is 0 Å². The topological polar surface area (TPSA) is 15.3 Å². The highest BCUT2D eigenvalue weighted by Crippen LogP contribution is 2.09. The maximum Gasteiger partial charge on any atom is 0.0601 e. The Hall–Kier alpha value is -0.520. The first-order valence-corrected chi connectivity index (χ1v) is 5.93. The number of terminal acetylenes is 1. The molecule has 0 saturated carbocycles. The first kappa shape index (κ1) is 14.5. The predicted molar refractivity (Wildman–Crippen MR) is 67.8 cm³/mol. The van der Waals surface area contributed by atoms with Crippen molar-refractivity contribution in [1.29, 1.82) is 0 Å². The number of rotatable bonds is 7. The summed E-state index contributed by atoms with van der Waals surface area (Å²) in [6.07, 6.45) is 5.39. The normalized spacial score (nSPS) is 13.5. The van der Waals surface area contributed by atoms with Gasteiger partial charge in [-0.3, -0.25) is 4.90 Å². The van der Waals surface area contributed by atoms with Crippen LogP contribution < -0.4 is 5.32 Å². The summed E-state index contributed by atoms with van der Waals surface area (Å²) in [5.74, 6) is 3.37. The molecule has 88 valence electrons. The van der Waals surface area contributed by atoms with Crippen LogP contribution in [0.1, 0.15) is 34.6 Å². The molecule has 0 saturated heterocycles. The highest BCUT2D eigenvalue weighted by atomic mass is 15.2. The number of likely N-dealkylation sites (N-methyl/N-ethyl adjacent to an activating group) is 1. The third-order valence-electron chi connectivity index (χ3n) is 2.67. The number of hydrogen-bond acceptors (Lipinski definition) is 2. The molecule has 0 rings (SSSR count). The molecule has 0 bridgehead atoms. The van der Waals surface area contributed by atoms with E-state index in [0.717, 1.165) is 19.6 Å². The van der Waals surface area contributed by atoms with Gasteiger partial charge in [0, 0.05) is 18.6 Å². The SMILES string of the molecule is C#CCN(CC)C(CNC(C)C)C(C)C. The Bertz CT molecular complexity index is 191. The molecule has 0 aliphatic heterocycles. The Kier molecular flexibility index (Phi) is 7.46. The first-order chi connectivity index (χ1) is 7.02. The second kappa shape index (κ2) is 7.73. The summed E-state index contributed by atoms with van der Waals surface area (Å²) in [6, 6.07) is 1.07. The van der Waals surface area contributed by atoms with Gasteiger partial charge in [0.05, 0.1) is 6.54 Å². The van der Waals surface area contributed by atoms with E-state index in [2.05, 4.69) is 50.8 Å². The van der Waals surface area contributed by atoms with Gasteiger partial charge >= 0.3 is 0 Å². The lowest BCUT2D eigenvalue weighted by Gasteiger charge is -2.33. The van der Waals surface area contributed by atoms with Crippen molar-refractivity contribution in [3.05, 3.63) is 0 Å². The van der Waals surface area contributed by atoms with E-state index in [9.17, 15) is 0 Å². The Labute approximate surface area is 95.4 Å². The Balaban J connectivity index is 4.29. The van der Waals surface area contributed by atoms with Crippen molar-refractivity contribution >= 4 is 0 Å². The third-order valence-corrected chi connectivity index (χ3v) is 2.67. The van der Waals surface area contributed by atoms with Crippen molar-refractivity contribution in [2.24, 2.45) is 5.92 Å². The first-order valence-electron chi connectivity index (χ1n) is 5.93. The molecule has 0 heterocycles. The monoisotopic (exact) mass is 210 g/mol. The molecule has 15 heavy (non-hydrogen) atoms. The maximum atomic E-state index is 5.39. The lowest BCUT2D eigenvalue weighted by molar-refractivity contribution is 0.176. The van der Waals surface area contributed by atoms with E-state index in [0.29, 0.717) is 18.0 Å². The van der Waals surface area contributed by atoms with Crippen LogP contribution in [0.5, 0.6) is 0 Å². The van der Waals surface area contributed by atoms with Crippen molar-refractivity contribution in [1.82, 2.24) is 10.2 Å². The number of hydrogen-bond donors (Lipinski definition) is 1. The van der Waals surface area contributed by atoms with Gasteiger partial charge in [0.15, 0.2) is 0 Å². The van der Waals surface area contributed by atoms with Gasteiger partial charge in [-0.05, 0) is 12.5 Å². The van der Waals surface area contributed by atoms with Gasteiger partial charge in [-0.25, -0.2) is 0 Å². The minimum atomic E-state index is 0.536. The summed E-state index contributed by atoms with van der Waals surface area (Å²) in [4.78, 5) is 2.36. The van der Waals surface area contributed by atoms with Gasteiger partial charge in [-0.1, -0.05) is 40.5 Å². The zero-order valence-electron chi connectivity index (χ0n) is 10.9. The van der Waals surface area contributed by atoms with E-state index in [4.69, 9.17) is 6.42 Å². The van der Waals surface area contributed by atoms with Gasteiger partial charge in [0.2, 0.25) is 0 Å². The van der Waals surface area contributed by atoms with Crippen LogP contribution >= 0.6 is 0 Å². The molecule has 1 atom stereocenters. The third kappa shape index (κ3) is 5.81. The quantitative estimate of drug-likeness (QED) is 0.646. The van der Waals surface area contributed by atoms with E-state index >= 15 is 0 Å². The van der Waals surface area contributed by atoms with Crippen LogP contribution in [0.15, 0.2) is 0 Å². The second-order valence-electron chi connectivity index (χ2n) is 4.64. The molecular formula is C13H26N2. The molecule has 0 aromatic heterocycles. The Morgan fingerprint density at radius 1 is 1.27 bits per heavy atom. The molecule has 0 aromatic carbocycles. The van der Waals surface area contributed by atoms with Crippen molar-refractivity contribution in [3.63, 3.8) is 0 Å². The molecule has 2 nitrogen and oxygen atoms in total. The van der Waals surface area contributed by atoms with Crippen molar-refractivity contribution in [2.45, 2.75) is 46.7 Å². The molecule has 0 aromatic rings. The van der Waals surface area contributed by atoms with Crippen LogP contribution in [0.2, 0.25) is 0 Å². The Morgan fingerprint density at radius 2 is 1.87 bits per heavy atom. The van der Waals surface area contributed by atoms with Gasteiger partial charge in [0.1, 0.15) is 0 Å². The average Bonchev–Trinajstić information content (AvgIpc) is 2.15.